The van der Waals surface area contributed by atoms with Crippen LogP contribution in [0.5, 0.6) is 0 Å². The normalized spacial score (nSPS) is 22.6. The molecule has 0 unspecified atom stereocenters. The molecule has 110 valence electrons. The first kappa shape index (κ1) is 15.9. The van der Waals surface area contributed by atoms with E-state index >= 15 is 0 Å². The zero-order valence-corrected chi connectivity index (χ0v) is 10.6. The molecular weight excluding hydrogens is 263 g/mol. The molecule has 19 heavy (non-hydrogen) atoms. The quantitative estimate of drug-likeness (QED) is 0.715. The number of nitrogens with one attached hydrogen (secondary N) is 1. The predicted octanol–water partition coefficient (Wildman–Crippen LogP) is 2.28. The number of hydrogen-bond acceptors (Lipinski definition) is 3. The molecule has 1 aliphatic carbocycles. The molecule has 0 aromatic rings. The summed E-state index contributed by atoms with van der Waals surface area (Å²) in [5.74, 6) is -2.29. The summed E-state index contributed by atoms with van der Waals surface area (Å²) in [6.45, 7) is 0.916. The van der Waals surface area contributed by atoms with Crippen molar-refractivity contribution in [3.05, 3.63) is 0 Å². The SMILES string of the molecule is O=C(O)C(F)(F)F.O=C1CCNC2(CCCCC2)C1. The second kappa shape index (κ2) is 6.36. The molecule has 2 rings (SSSR count). The molecule has 7 heteroatoms. The maximum Gasteiger partial charge on any atom is 0.490 e. The number of halogens is 3. The van der Waals surface area contributed by atoms with Crippen molar-refractivity contribution in [2.24, 2.45) is 0 Å². The highest BCUT2D eigenvalue weighted by Crippen LogP contribution is 2.33. The maximum atomic E-state index is 11.3. The van der Waals surface area contributed by atoms with Gasteiger partial charge in [-0.3, -0.25) is 4.79 Å². The first-order valence-corrected chi connectivity index (χ1v) is 6.32. The number of carbonyl (C=O) groups excluding carboxylic acids is 1. The number of piperidine rings is 1. The molecule has 0 atom stereocenters. The second-order valence-corrected chi connectivity index (χ2v) is 5.04. The zero-order valence-electron chi connectivity index (χ0n) is 10.6. The second-order valence-electron chi connectivity index (χ2n) is 5.04. The van der Waals surface area contributed by atoms with Crippen LogP contribution in [0.25, 0.3) is 0 Å². The van der Waals surface area contributed by atoms with E-state index in [1.807, 2.05) is 0 Å². The summed E-state index contributed by atoms with van der Waals surface area (Å²) in [4.78, 5) is 20.2. The fourth-order valence-corrected chi connectivity index (χ4v) is 2.58. The number of ketones is 1. The molecule has 1 saturated heterocycles. The Labute approximate surface area is 109 Å². The van der Waals surface area contributed by atoms with Crippen LogP contribution in [0.15, 0.2) is 0 Å². The summed E-state index contributed by atoms with van der Waals surface area (Å²) >= 11 is 0. The largest absolute Gasteiger partial charge is 0.490 e. The lowest BCUT2D eigenvalue weighted by Crippen LogP contribution is -2.52. The summed E-state index contributed by atoms with van der Waals surface area (Å²) < 4.78 is 31.7. The smallest absolute Gasteiger partial charge is 0.475 e. The fraction of sp³-hybridized carbons (Fsp3) is 0.833. The average molecular weight is 281 g/mol. The monoisotopic (exact) mass is 281 g/mol. The molecule has 0 aromatic heterocycles. The van der Waals surface area contributed by atoms with Crippen molar-refractivity contribution in [1.29, 1.82) is 0 Å². The Hall–Kier alpha value is -1.11. The van der Waals surface area contributed by atoms with Crippen LogP contribution in [-0.2, 0) is 9.59 Å². The Morgan fingerprint density at radius 2 is 1.74 bits per heavy atom. The molecule has 0 amide bonds. The number of carbonyl (C=O) groups is 2. The Bertz CT molecular complexity index is 330. The molecule has 1 spiro atoms. The number of aliphatic carboxylic acids is 1. The van der Waals surface area contributed by atoms with E-state index in [-0.39, 0.29) is 5.54 Å². The molecule has 1 saturated carbocycles. The van der Waals surface area contributed by atoms with E-state index in [1.54, 1.807) is 0 Å². The van der Waals surface area contributed by atoms with Crippen molar-refractivity contribution < 1.29 is 27.9 Å². The van der Waals surface area contributed by atoms with E-state index in [2.05, 4.69) is 5.32 Å². The number of carboxylic acid groups (broad SMARTS) is 1. The van der Waals surface area contributed by atoms with E-state index in [0.717, 1.165) is 19.4 Å². The summed E-state index contributed by atoms with van der Waals surface area (Å²) in [7, 11) is 0. The van der Waals surface area contributed by atoms with Crippen LogP contribution in [0.2, 0.25) is 0 Å². The maximum absolute atomic E-state index is 11.3. The molecule has 2 fully saturated rings. The van der Waals surface area contributed by atoms with E-state index in [0.29, 0.717) is 5.78 Å². The molecule has 0 bridgehead atoms. The Kier molecular flexibility index (Phi) is 5.34. The topological polar surface area (TPSA) is 66.4 Å². The van der Waals surface area contributed by atoms with Gasteiger partial charge in [-0.25, -0.2) is 4.79 Å². The summed E-state index contributed by atoms with van der Waals surface area (Å²) in [6.07, 6.45) is 2.88. The van der Waals surface area contributed by atoms with Crippen molar-refractivity contribution in [3.8, 4) is 0 Å². The lowest BCUT2D eigenvalue weighted by atomic mass is 9.76. The van der Waals surface area contributed by atoms with Gasteiger partial charge in [-0.1, -0.05) is 19.3 Å². The molecule has 1 aliphatic heterocycles. The van der Waals surface area contributed by atoms with Gasteiger partial charge in [-0.05, 0) is 12.8 Å². The first-order valence-electron chi connectivity index (χ1n) is 6.32. The van der Waals surface area contributed by atoms with Crippen molar-refractivity contribution in [2.45, 2.75) is 56.7 Å². The van der Waals surface area contributed by atoms with E-state index in [9.17, 15) is 18.0 Å². The standard InChI is InChI=1S/C10H17NO.C2HF3O2/c12-9-4-7-11-10(8-9)5-2-1-3-6-10;3-2(4,5)1(6)7/h11H,1-8H2;(H,6,7). The lowest BCUT2D eigenvalue weighted by Gasteiger charge is -2.40. The number of rotatable bonds is 0. The van der Waals surface area contributed by atoms with Crippen molar-refractivity contribution in [2.75, 3.05) is 6.54 Å². The highest BCUT2D eigenvalue weighted by atomic mass is 19.4. The van der Waals surface area contributed by atoms with Gasteiger partial charge in [0, 0.05) is 24.9 Å². The minimum Gasteiger partial charge on any atom is -0.475 e. The number of alkyl halides is 3. The highest BCUT2D eigenvalue weighted by Gasteiger charge is 2.38. The van der Waals surface area contributed by atoms with Crippen LogP contribution in [0, 0.1) is 0 Å². The number of carboxylic acids is 1. The molecule has 2 aliphatic rings. The third-order valence-corrected chi connectivity index (χ3v) is 3.49. The van der Waals surface area contributed by atoms with Gasteiger partial charge in [0.25, 0.3) is 0 Å². The van der Waals surface area contributed by atoms with E-state index in [4.69, 9.17) is 9.90 Å². The highest BCUT2D eigenvalue weighted by molar-refractivity contribution is 5.80. The van der Waals surface area contributed by atoms with Crippen molar-refractivity contribution >= 4 is 11.8 Å². The van der Waals surface area contributed by atoms with Gasteiger partial charge in [0.1, 0.15) is 5.78 Å². The summed E-state index contributed by atoms with van der Waals surface area (Å²) in [5, 5.41) is 10.7. The van der Waals surface area contributed by atoms with Crippen LogP contribution >= 0.6 is 0 Å². The zero-order chi connectivity index (χ0) is 14.5. The molecule has 2 N–H and O–H groups in total. The molecule has 0 radical (unpaired) electrons. The fourth-order valence-electron chi connectivity index (χ4n) is 2.58. The lowest BCUT2D eigenvalue weighted by molar-refractivity contribution is -0.192. The molecule has 0 aromatic carbocycles. The predicted molar refractivity (Wildman–Crippen MR) is 61.8 cm³/mol. The van der Waals surface area contributed by atoms with Gasteiger partial charge < -0.3 is 10.4 Å². The third kappa shape index (κ3) is 5.18. The van der Waals surface area contributed by atoms with Crippen LogP contribution < -0.4 is 5.32 Å². The van der Waals surface area contributed by atoms with E-state index in [1.165, 1.54) is 32.1 Å². The van der Waals surface area contributed by atoms with Crippen LogP contribution in [0.4, 0.5) is 13.2 Å². The molecule has 1 heterocycles. The molecular formula is C12H18F3NO3. The number of hydrogen-bond donors (Lipinski definition) is 2. The van der Waals surface area contributed by atoms with Gasteiger partial charge in [0.05, 0.1) is 0 Å². The Morgan fingerprint density at radius 3 is 2.16 bits per heavy atom. The van der Waals surface area contributed by atoms with Crippen LogP contribution in [0.3, 0.4) is 0 Å². The van der Waals surface area contributed by atoms with Crippen LogP contribution in [0.1, 0.15) is 44.9 Å². The average Bonchev–Trinajstić information content (AvgIpc) is 2.29. The minimum atomic E-state index is -5.08. The Balaban J connectivity index is 0.000000224. The Morgan fingerprint density at radius 1 is 1.21 bits per heavy atom. The van der Waals surface area contributed by atoms with Gasteiger partial charge in [0.15, 0.2) is 0 Å². The summed E-state index contributed by atoms with van der Waals surface area (Å²) in [5.41, 5.74) is 0.230. The first-order chi connectivity index (χ1) is 8.75. The number of Topliss-reactive ketones (excluding diaryl/α,β-unsaturated/α-hetero) is 1. The molecule has 4 nitrogen and oxygen atoms in total. The van der Waals surface area contributed by atoms with Crippen molar-refractivity contribution in [1.82, 2.24) is 5.32 Å². The summed E-state index contributed by atoms with van der Waals surface area (Å²) in [6, 6.07) is 0. The minimum absolute atomic E-state index is 0.230. The van der Waals surface area contributed by atoms with Crippen molar-refractivity contribution in [3.63, 3.8) is 0 Å². The van der Waals surface area contributed by atoms with Gasteiger partial charge in [-0.2, -0.15) is 13.2 Å². The van der Waals surface area contributed by atoms with Gasteiger partial charge >= 0.3 is 12.1 Å². The van der Waals surface area contributed by atoms with Crippen LogP contribution in [-0.4, -0.2) is 35.1 Å². The third-order valence-electron chi connectivity index (χ3n) is 3.49. The van der Waals surface area contributed by atoms with Gasteiger partial charge in [-0.15, -0.1) is 0 Å². The van der Waals surface area contributed by atoms with Gasteiger partial charge in [0.2, 0.25) is 0 Å². The van der Waals surface area contributed by atoms with E-state index < -0.39 is 12.1 Å².